The minimum atomic E-state index is 0.486. The van der Waals surface area contributed by atoms with Crippen molar-refractivity contribution >= 4 is 21.6 Å². The number of furan rings is 1. The molecule has 0 unspecified atom stereocenters. The summed E-state index contributed by atoms with van der Waals surface area (Å²) in [4.78, 5) is 4.62. The Morgan fingerprint density at radius 3 is 2.82 bits per heavy atom. The van der Waals surface area contributed by atoms with Crippen molar-refractivity contribution in [2.45, 2.75) is 19.8 Å². The van der Waals surface area contributed by atoms with Crippen LogP contribution in [-0.4, -0.2) is 4.98 Å². The summed E-state index contributed by atoms with van der Waals surface area (Å²) in [5.74, 6) is 1.39. The molecule has 2 aromatic heterocycles. The molecule has 0 aliphatic rings. The SMILES string of the molecule is CC(C)c1nc2ccc(-c3ccco3)cc2s1. The third kappa shape index (κ3) is 1.87. The topological polar surface area (TPSA) is 26.0 Å². The molecule has 2 nitrogen and oxygen atoms in total. The molecule has 0 saturated carbocycles. The maximum absolute atomic E-state index is 5.41. The van der Waals surface area contributed by atoms with Gasteiger partial charge in [-0.3, -0.25) is 0 Å². The van der Waals surface area contributed by atoms with E-state index in [1.165, 1.54) is 9.71 Å². The lowest BCUT2D eigenvalue weighted by Crippen LogP contribution is -1.82. The quantitative estimate of drug-likeness (QED) is 0.653. The summed E-state index contributed by atoms with van der Waals surface area (Å²) in [7, 11) is 0. The van der Waals surface area contributed by atoms with Gasteiger partial charge in [0.2, 0.25) is 0 Å². The van der Waals surface area contributed by atoms with Crippen LogP contribution in [0.25, 0.3) is 21.5 Å². The number of nitrogens with zero attached hydrogens (tertiary/aromatic N) is 1. The third-order valence-corrected chi connectivity index (χ3v) is 4.02. The van der Waals surface area contributed by atoms with Gasteiger partial charge >= 0.3 is 0 Å². The van der Waals surface area contributed by atoms with E-state index in [9.17, 15) is 0 Å². The number of hydrogen-bond acceptors (Lipinski definition) is 3. The Kier molecular flexibility index (Phi) is 2.48. The van der Waals surface area contributed by atoms with E-state index in [4.69, 9.17) is 4.42 Å². The minimum absolute atomic E-state index is 0.486. The molecule has 0 radical (unpaired) electrons. The summed E-state index contributed by atoms with van der Waals surface area (Å²) < 4.78 is 6.63. The van der Waals surface area contributed by atoms with Crippen LogP contribution in [0.15, 0.2) is 41.0 Å². The van der Waals surface area contributed by atoms with Gasteiger partial charge in [-0.2, -0.15) is 0 Å². The molecule has 3 aromatic rings. The Morgan fingerprint density at radius 2 is 2.12 bits per heavy atom. The van der Waals surface area contributed by atoms with Gasteiger partial charge < -0.3 is 4.42 Å². The highest BCUT2D eigenvalue weighted by atomic mass is 32.1. The van der Waals surface area contributed by atoms with Gasteiger partial charge in [-0.25, -0.2) is 4.98 Å². The fraction of sp³-hybridized carbons (Fsp3) is 0.214. The molecule has 0 spiro atoms. The molecule has 86 valence electrons. The normalized spacial score (nSPS) is 11.5. The van der Waals surface area contributed by atoms with E-state index >= 15 is 0 Å². The number of benzene rings is 1. The highest BCUT2D eigenvalue weighted by molar-refractivity contribution is 7.18. The minimum Gasteiger partial charge on any atom is -0.464 e. The van der Waals surface area contributed by atoms with Crippen LogP contribution in [0.3, 0.4) is 0 Å². The van der Waals surface area contributed by atoms with Gasteiger partial charge in [0.15, 0.2) is 0 Å². The van der Waals surface area contributed by atoms with Crippen molar-refractivity contribution in [1.82, 2.24) is 4.98 Å². The van der Waals surface area contributed by atoms with Crippen LogP contribution >= 0.6 is 11.3 Å². The molecular formula is C14H13NOS. The van der Waals surface area contributed by atoms with Gasteiger partial charge in [0, 0.05) is 11.5 Å². The molecule has 3 heteroatoms. The molecule has 0 N–H and O–H groups in total. The van der Waals surface area contributed by atoms with Crippen molar-refractivity contribution in [3.63, 3.8) is 0 Å². The smallest absolute Gasteiger partial charge is 0.133 e. The van der Waals surface area contributed by atoms with Crippen molar-refractivity contribution in [3.8, 4) is 11.3 Å². The van der Waals surface area contributed by atoms with Crippen LogP contribution in [0.4, 0.5) is 0 Å². The second kappa shape index (κ2) is 4.00. The third-order valence-electron chi connectivity index (χ3n) is 2.70. The molecule has 2 heterocycles. The van der Waals surface area contributed by atoms with Gasteiger partial charge in [0.05, 0.1) is 21.5 Å². The van der Waals surface area contributed by atoms with Crippen LogP contribution < -0.4 is 0 Å². The van der Waals surface area contributed by atoms with Gasteiger partial charge in [-0.1, -0.05) is 13.8 Å². The monoisotopic (exact) mass is 243 g/mol. The Hall–Kier alpha value is -1.61. The highest BCUT2D eigenvalue weighted by Gasteiger charge is 2.09. The lowest BCUT2D eigenvalue weighted by atomic mass is 10.1. The van der Waals surface area contributed by atoms with E-state index < -0.39 is 0 Å². The number of fused-ring (bicyclic) bond motifs is 1. The number of thiazole rings is 1. The van der Waals surface area contributed by atoms with Crippen LogP contribution in [0.1, 0.15) is 24.8 Å². The fourth-order valence-electron chi connectivity index (χ4n) is 1.79. The second-order valence-electron chi connectivity index (χ2n) is 4.37. The first-order valence-electron chi connectivity index (χ1n) is 5.68. The molecule has 0 aliphatic heterocycles. The van der Waals surface area contributed by atoms with Crippen molar-refractivity contribution in [2.24, 2.45) is 0 Å². The maximum Gasteiger partial charge on any atom is 0.133 e. The summed E-state index contributed by atoms with van der Waals surface area (Å²) in [6.07, 6.45) is 1.70. The van der Waals surface area contributed by atoms with Crippen molar-refractivity contribution < 1.29 is 4.42 Å². The molecular weight excluding hydrogens is 230 g/mol. The van der Waals surface area contributed by atoms with Crippen molar-refractivity contribution in [1.29, 1.82) is 0 Å². The zero-order valence-electron chi connectivity index (χ0n) is 9.81. The summed E-state index contributed by atoms with van der Waals surface area (Å²) in [6.45, 7) is 4.34. The zero-order chi connectivity index (χ0) is 11.8. The highest BCUT2D eigenvalue weighted by Crippen LogP contribution is 2.31. The predicted octanol–water partition coefficient (Wildman–Crippen LogP) is 4.68. The lowest BCUT2D eigenvalue weighted by molar-refractivity contribution is 0.582. The first kappa shape index (κ1) is 10.5. The molecule has 0 aliphatic carbocycles. The summed E-state index contributed by atoms with van der Waals surface area (Å²) in [6, 6.07) is 10.2. The average Bonchev–Trinajstić information content (AvgIpc) is 2.97. The van der Waals surface area contributed by atoms with E-state index in [2.05, 4.69) is 37.0 Å². The molecule has 0 fully saturated rings. The number of rotatable bonds is 2. The molecule has 17 heavy (non-hydrogen) atoms. The van der Waals surface area contributed by atoms with Crippen molar-refractivity contribution in [3.05, 3.63) is 41.6 Å². The molecule has 0 saturated heterocycles. The van der Waals surface area contributed by atoms with E-state index in [0.717, 1.165) is 16.8 Å². The van der Waals surface area contributed by atoms with Crippen LogP contribution in [0.2, 0.25) is 0 Å². The van der Waals surface area contributed by atoms with Gasteiger partial charge in [0.25, 0.3) is 0 Å². The van der Waals surface area contributed by atoms with Gasteiger partial charge in [0.1, 0.15) is 5.76 Å². The van der Waals surface area contributed by atoms with Gasteiger partial charge in [-0.05, 0) is 30.3 Å². The van der Waals surface area contributed by atoms with Crippen LogP contribution in [0, 0.1) is 0 Å². The molecule has 3 rings (SSSR count). The predicted molar refractivity (Wildman–Crippen MR) is 71.4 cm³/mol. The first-order chi connectivity index (χ1) is 8.24. The summed E-state index contributed by atoms with van der Waals surface area (Å²) >= 11 is 1.76. The standard InChI is InChI=1S/C14H13NOS/c1-9(2)14-15-11-6-5-10(8-13(11)17-14)12-4-3-7-16-12/h3-9H,1-2H3. The molecule has 1 aromatic carbocycles. The van der Waals surface area contributed by atoms with E-state index in [0.29, 0.717) is 5.92 Å². The summed E-state index contributed by atoms with van der Waals surface area (Å²) in [5, 5.41) is 1.19. The zero-order valence-corrected chi connectivity index (χ0v) is 10.6. The Bertz CT molecular complexity index is 637. The number of aromatic nitrogens is 1. The maximum atomic E-state index is 5.41. The fourth-order valence-corrected chi connectivity index (χ4v) is 2.79. The molecule has 0 amide bonds. The Balaban J connectivity index is 2.13. The average molecular weight is 243 g/mol. The second-order valence-corrected chi connectivity index (χ2v) is 5.43. The van der Waals surface area contributed by atoms with Gasteiger partial charge in [-0.15, -0.1) is 11.3 Å². The van der Waals surface area contributed by atoms with Crippen LogP contribution in [-0.2, 0) is 0 Å². The van der Waals surface area contributed by atoms with E-state index in [1.807, 2.05) is 12.1 Å². The van der Waals surface area contributed by atoms with E-state index in [1.54, 1.807) is 17.6 Å². The first-order valence-corrected chi connectivity index (χ1v) is 6.50. The molecule has 0 atom stereocenters. The van der Waals surface area contributed by atoms with Crippen LogP contribution in [0.5, 0.6) is 0 Å². The summed E-state index contributed by atoms with van der Waals surface area (Å²) in [5.41, 5.74) is 2.19. The molecule has 0 bridgehead atoms. The lowest BCUT2D eigenvalue weighted by Gasteiger charge is -1.95. The largest absolute Gasteiger partial charge is 0.464 e. The number of hydrogen-bond donors (Lipinski definition) is 0. The Labute approximate surface area is 104 Å². The van der Waals surface area contributed by atoms with Crippen molar-refractivity contribution in [2.75, 3.05) is 0 Å². The Morgan fingerprint density at radius 1 is 1.24 bits per heavy atom. The van der Waals surface area contributed by atoms with E-state index in [-0.39, 0.29) is 0 Å².